The number of likely N-dealkylation sites (N-methyl/N-ethyl adjacent to an activating group) is 1. The molecule has 2 aromatic rings. The van der Waals surface area contributed by atoms with E-state index in [4.69, 9.17) is 11.6 Å². The number of carbonyl (C=O) groups excluding carboxylic acids is 2. The van der Waals surface area contributed by atoms with E-state index >= 15 is 0 Å². The molecular formula is C21H24ClN3O2S. The second kappa shape index (κ2) is 9.45. The second-order valence-electron chi connectivity index (χ2n) is 6.52. The number of anilines is 1. The van der Waals surface area contributed by atoms with Gasteiger partial charge in [-0.3, -0.25) is 14.5 Å². The van der Waals surface area contributed by atoms with E-state index in [1.54, 1.807) is 12.1 Å². The number of thioether (sulfide) groups is 1. The molecule has 2 amide bonds. The lowest BCUT2D eigenvalue weighted by atomic mass is 10.0. The minimum atomic E-state index is -0.170. The molecule has 0 aromatic heterocycles. The number of amides is 2. The molecule has 0 spiro atoms. The number of fused-ring (bicyclic) bond motifs is 1. The first-order valence-corrected chi connectivity index (χ1v) is 10.7. The van der Waals surface area contributed by atoms with Gasteiger partial charge in [-0.1, -0.05) is 43.6 Å². The zero-order chi connectivity index (χ0) is 20.1. The van der Waals surface area contributed by atoms with E-state index in [0.717, 1.165) is 23.5 Å². The Hall–Kier alpha value is -2.02. The number of hydrogen-bond acceptors (Lipinski definition) is 4. The molecule has 1 heterocycles. The fourth-order valence-corrected chi connectivity index (χ4v) is 4.41. The van der Waals surface area contributed by atoms with Crippen LogP contribution in [0, 0.1) is 0 Å². The number of rotatable bonds is 7. The first kappa shape index (κ1) is 20.7. The number of halogens is 1. The van der Waals surface area contributed by atoms with Crippen LogP contribution in [0.2, 0.25) is 5.02 Å². The van der Waals surface area contributed by atoms with Gasteiger partial charge in [0.15, 0.2) is 0 Å². The SMILES string of the molecule is CCN(CC)C(CNC(=O)c1ccc2c(c1)NC(=O)CS2)c1ccccc1Cl. The summed E-state index contributed by atoms with van der Waals surface area (Å²) in [7, 11) is 0. The van der Waals surface area contributed by atoms with Crippen LogP contribution in [0.1, 0.15) is 35.8 Å². The minimum absolute atomic E-state index is 0.0134. The maximum absolute atomic E-state index is 12.7. The van der Waals surface area contributed by atoms with E-state index in [9.17, 15) is 9.59 Å². The van der Waals surface area contributed by atoms with Crippen LogP contribution in [0.3, 0.4) is 0 Å². The molecule has 0 fully saturated rings. The zero-order valence-electron chi connectivity index (χ0n) is 16.0. The lowest BCUT2D eigenvalue weighted by Crippen LogP contribution is -2.38. The molecule has 1 aliphatic heterocycles. The minimum Gasteiger partial charge on any atom is -0.350 e. The molecule has 0 aliphatic carbocycles. The van der Waals surface area contributed by atoms with Gasteiger partial charge in [0.2, 0.25) is 5.91 Å². The Kier molecular flexibility index (Phi) is 6.99. The second-order valence-corrected chi connectivity index (χ2v) is 7.94. The Morgan fingerprint density at radius 1 is 1.25 bits per heavy atom. The van der Waals surface area contributed by atoms with Crippen LogP contribution < -0.4 is 10.6 Å². The Morgan fingerprint density at radius 2 is 2.00 bits per heavy atom. The Bertz CT molecular complexity index is 870. The maximum Gasteiger partial charge on any atom is 0.251 e. The third kappa shape index (κ3) is 4.69. The molecule has 28 heavy (non-hydrogen) atoms. The predicted molar refractivity (Wildman–Crippen MR) is 115 cm³/mol. The number of nitrogens with one attached hydrogen (secondary N) is 2. The van der Waals surface area contributed by atoms with Gasteiger partial charge in [-0.15, -0.1) is 11.8 Å². The van der Waals surface area contributed by atoms with E-state index < -0.39 is 0 Å². The molecule has 0 saturated carbocycles. The number of carbonyl (C=O) groups is 2. The number of nitrogens with zero attached hydrogens (tertiary/aromatic N) is 1. The van der Waals surface area contributed by atoms with E-state index in [0.29, 0.717) is 28.6 Å². The molecule has 1 atom stereocenters. The van der Waals surface area contributed by atoms with Gasteiger partial charge in [-0.05, 0) is 42.9 Å². The molecule has 3 rings (SSSR count). The summed E-state index contributed by atoms with van der Waals surface area (Å²) in [6.45, 7) is 6.34. The summed E-state index contributed by atoms with van der Waals surface area (Å²) in [5, 5.41) is 6.55. The molecule has 7 heteroatoms. The summed E-state index contributed by atoms with van der Waals surface area (Å²) in [5.74, 6) is 0.189. The van der Waals surface area contributed by atoms with Crippen molar-refractivity contribution in [3.63, 3.8) is 0 Å². The number of benzene rings is 2. The normalized spacial score (nSPS) is 14.4. The summed E-state index contributed by atoms with van der Waals surface area (Å²) in [6, 6.07) is 13.1. The first-order chi connectivity index (χ1) is 13.5. The Labute approximate surface area is 174 Å². The van der Waals surface area contributed by atoms with E-state index in [2.05, 4.69) is 29.4 Å². The van der Waals surface area contributed by atoms with Crippen LogP contribution in [0.4, 0.5) is 5.69 Å². The van der Waals surface area contributed by atoms with E-state index in [-0.39, 0.29) is 17.9 Å². The average Bonchev–Trinajstić information content (AvgIpc) is 2.71. The topological polar surface area (TPSA) is 61.4 Å². The van der Waals surface area contributed by atoms with Gasteiger partial charge in [0.1, 0.15) is 0 Å². The standard InChI is InChI=1S/C21H24ClN3O2S/c1-3-25(4-2)18(15-7-5-6-8-16(15)22)12-23-21(27)14-9-10-19-17(11-14)24-20(26)13-28-19/h5-11,18H,3-4,12-13H2,1-2H3,(H,23,27)(H,24,26). The highest BCUT2D eigenvalue weighted by Gasteiger charge is 2.22. The third-order valence-electron chi connectivity index (χ3n) is 4.85. The molecule has 148 valence electrons. The fourth-order valence-electron chi connectivity index (χ4n) is 3.36. The quantitative estimate of drug-likeness (QED) is 0.708. The van der Waals surface area contributed by atoms with Crippen LogP contribution in [0.25, 0.3) is 0 Å². The molecule has 1 aliphatic rings. The van der Waals surface area contributed by atoms with Crippen LogP contribution >= 0.6 is 23.4 Å². The molecule has 0 bridgehead atoms. The van der Waals surface area contributed by atoms with Crippen LogP contribution in [0.15, 0.2) is 47.4 Å². The van der Waals surface area contributed by atoms with Crippen molar-refractivity contribution in [1.29, 1.82) is 0 Å². The van der Waals surface area contributed by atoms with Crippen molar-refractivity contribution >= 4 is 40.9 Å². The average molecular weight is 418 g/mol. The van der Waals surface area contributed by atoms with Crippen molar-refractivity contribution < 1.29 is 9.59 Å². The van der Waals surface area contributed by atoms with Crippen molar-refractivity contribution in [2.75, 3.05) is 30.7 Å². The van der Waals surface area contributed by atoms with Gasteiger partial charge >= 0.3 is 0 Å². The molecule has 5 nitrogen and oxygen atoms in total. The van der Waals surface area contributed by atoms with Crippen molar-refractivity contribution in [3.8, 4) is 0 Å². The highest BCUT2D eigenvalue weighted by atomic mass is 35.5. The summed E-state index contributed by atoms with van der Waals surface area (Å²) in [5.41, 5.74) is 2.22. The molecule has 1 unspecified atom stereocenters. The van der Waals surface area contributed by atoms with Gasteiger partial charge in [0.05, 0.1) is 17.5 Å². The highest BCUT2D eigenvalue weighted by Crippen LogP contribution is 2.32. The predicted octanol–water partition coefficient (Wildman–Crippen LogP) is 4.20. The van der Waals surface area contributed by atoms with E-state index in [1.807, 2.05) is 30.3 Å². The molecule has 0 radical (unpaired) electrons. The zero-order valence-corrected chi connectivity index (χ0v) is 17.6. The fraction of sp³-hybridized carbons (Fsp3) is 0.333. The molecular weight excluding hydrogens is 394 g/mol. The highest BCUT2D eigenvalue weighted by molar-refractivity contribution is 8.00. The summed E-state index contributed by atoms with van der Waals surface area (Å²) in [4.78, 5) is 27.6. The monoisotopic (exact) mass is 417 g/mol. The Balaban J connectivity index is 1.76. The van der Waals surface area contributed by atoms with Crippen LogP contribution in [0.5, 0.6) is 0 Å². The van der Waals surface area contributed by atoms with Gasteiger partial charge in [-0.2, -0.15) is 0 Å². The summed E-state index contributed by atoms with van der Waals surface area (Å²) in [6.07, 6.45) is 0. The molecule has 2 aromatic carbocycles. The first-order valence-electron chi connectivity index (χ1n) is 9.36. The van der Waals surface area contributed by atoms with Crippen LogP contribution in [-0.4, -0.2) is 42.1 Å². The van der Waals surface area contributed by atoms with Crippen LogP contribution in [-0.2, 0) is 4.79 Å². The Morgan fingerprint density at radius 3 is 2.71 bits per heavy atom. The van der Waals surface area contributed by atoms with Crippen molar-refractivity contribution in [2.45, 2.75) is 24.8 Å². The molecule has 2 N–H and O–H groups in total. The van der Waals surface area contributed by atoms with Gasteiger partial charge < -0.3 is 10.6 Å². The lowest BCUT2D eigenvalue weighted by Gasteiger charge is -2.31. The maximum atomic E-state index is 12.7. The number of hydrogen-bond donors (Lipinski definition) is 2. The smallest absolute Gasteiger partial charge is 0.251 e. The summed E-state index contributed by atoms with van der Waals surface area (Å²) >= 11 is 7.90. The van der Waals surface area contributed by atoms with Crippen molar-refractivity contribution in [1.82, 2.24) is 10.2 Å². The lowest BCUT2D eigenvalue weighted by molar-refractivity contribution is -0.113. The van der Waals surface area contributed by atoms with Gasteiger partial charge in [0, 0.05) is 22.0 Å². The van der Waals surface area contributed by atoms with Gasteiger partial charge in [-0.25, -0.2) is 0 Å². The largest absolute Gasteiger partial charge is 0.350 e. The summed E-state index contributed by atoms with van der Waals surface area (Å²) < 4.78 is 0. The van der Waals surface area contributed by atoms with Crippen molar-refractivity contribution in [3.05, 3.63) is 58.6 Å². The third-order valence-corrected chi connectivity index (χ3v) is 6.27. The van der Waals surface area contributed by atoms with Gasteiger partial charge in [0.25, 0.3) is 5.91 Å². The van der Waals surface area contributed by atoms with E-state index in [1.165, 1.54) is 11.8 Å². The molecule has 0 saturated heterocycles. The van der Waals surface area contributed by atoms with Crippen molar-refractivity contribution in [2.24, 2.45) is 0 Å².